The molecule has 0 saturated carbocycles. The Morgan fingerprint density at radius 3 is 3.08 bits per heavy atom. The molecule has 0 aromatic carbocycles. The van der Waals surface area contributed by atoms with Crippen LogP contribution in [-0.4, -0.2) is 11.5 Å². The maximum atomic E-state index is 12.9. The van der Waals surface area contributed by atoms with E-state index >= 15 is 0 Å². The fourth-order valence-electron chi connectivity index (χ4n) is 1.74. The molecule has 1 aromatic heterocycles. The highest BCUT2D eigenvalue weighted by Crippen LogP contribution is 2.23. The molecule has 1 aromatic rings. The van der Waals surface area contributed by atoms with E-state index < -0.39 is 0 Å². The summed E-state index contributed by atoms with van der Waals surface area (Å²) < 4.78 is 12.9. The molecule has 2 nitrogen and oxygen atoms in total. The van der Waals surface area contributed by atoms with Gasteiger partial charge in [0.25, 0.3) is 0 Å². The first-order valence-electron chi connectivity index (χ1n) is 4.63. The molecule has 1 aliphatic rings. The third-order valence-corrected chi connectivity index (χ3v) is 2.50. The molecule has 0 bridgehead atoms. The van der Waals surface area contributed by atoms with Gasteiger partial charge in [0.15, 0.2) is 0 Å². The first kappa shape index (κ1) is 8.63. The fourth-order valence-corrected chi connectivity index (χ4v) is 1.74. The highest BCUT2D eigenvalue weighted by atomic mass is 19.1. The molecule has 0 amide bonds. The molecular weight excluding hydrogens is 167 g/mol. The lowest BCUT2D eigenvalue weighted by Crippen LogP contribution is -2.13. The molecule has 1 saturated heterocycles. The zero-order chi connectivity index (χ0) is 9.26. The second kappa shape index (κ2) is 3.42. The zero-order valence-electron chi connectivity index (χ0n) is 7.68. The summed E-state index contributed by atoms with van der Waals surface area (Å²) in [5, 5.41) is 3.36. The van der Waals surface area contributed by atoms with Gasteiger partial charge >= 0.3 is 0 Å². The second-order valence-corrected chi connectivity index (χ2v) is 3.53. The molecule has 2 heterocycles. The quantitative estimate of drug-likeness (QED) is 0.668. The van der Waals surface area contributed by atoms with Crippen LogP contribution in [-0.2, 0) is 0 Å². The normalized spacial score (nSPS) is 22.2. The van der Waals surface area contributed by atoms with E-state index in [1.54, 1.807) is 13.1 Å². The minimum absolute atomic E-state index is 0.359. The molecule has 0 aliphatic carbocycles. The number of aromatic nitrogens is 1. The number of hydrogen-bond acceptors (Lipinski definition) is 2. The maximum absolute atomic E-state index is 12.9. The van der Waals surface area contributed by atoms with Crippen LogP contribution in [0.4, 0.5) is 4.39 Å². The van der Waals surface area contributed by atoms with Gasteiger partial charge in [0.05, 0.1) is 0 Å². The second-order valence-electron chi connectivity index (χ2n) is 3.53. The number of aryl methyl sites for hydroxylation is 1. The van der Waals surface area contributed by atoms with E-state index in [2.05, 4.69) is 10.3 Å². The van der Waals surface area contributed by atoms with E-state index in [1.165, 1.54) is 6.42 Å². The average Bonchev–Trinajstić information content (AvgIpc) is 2.62. The summed E-state index contributed by atoms with van der Waals surface area (Å²) in [6.45, 7) is 2.81. The summed E-state index contributed by atoms with van der Waals surface area (Å²) in [5.74, 6) is -0.359. The van der Waals surface area contributed by atoms with Crippen LogP contribution in [0.5, 0.6) is 0 Å². The van der Waals surface area contributed by atoms with Gasteiger partial charge in [-0.25, -0.2) is 4.98 Å². The van der Waals surface area contributed by atoms with Crippen molar-refractivity contribution in [2.75, 3.05) is 6.54 Å². The SMILES string of the molecule is Cc1cc([C@@H]2CCCN2)cnc1F. The number of nitrogens with one attached hydrogen (secondary N) is 1. The van der Waals surface area contributed by atoms with Gasteiger partial charge in [-0.1, -0.05) is 0 Å². The van der Waals surface area contributed by atoms with Gasteiger partial charge in [0.2, 0.25) is 5.95 Å². The van der Waals surface area contributed by atoms with Gasteiger partial charge in [-0.15, -0.1) is 0 Å². The van der Waals surface area contributed by atoms with Crippen LogP contribution >= 0.6 is 0 Å². The zero-order valence-corrected chi connectivity index (χ0v) is 7.68. The Labute approximate surface area is 77.2 Å². The van der Waals surface area contributed by atoms with Crippen molar-refractivity contribution in [2.24, 2.45) is 0 Å². The summed E-state index contributed by atoms with van der Waals surface area (Å²) in [6.07, 6.45) is 3.96. The Morgan fingerprint density at radius 2 is 2.46 bits per heavy atom. The van der Waals surface area contributed by atoms with Gasteiger partial charge in [-0.05, 0) is 37.9 Å². The number of hydrogen-bond donors (Lipinski definition) is 1. The van der Waals surface area contributed by atoms with Crippen LogP contribution in [0.1, 0.15) is 30.0 Å². The predicted octanol–water partition coefficient (Wildman–Crippen LogP) is 1.95. The van der Waals surface area contributed by atoms with Gasteiger partial charge in [-0.2, -0.15) is 4.39 Å². The number of nitrogens with zero attached hydrogens (tertiary/aromatic N) is 1. The van der Waals surface area contributed by atoms with Crippen LogP contribution in [0, 0.1) is 12.9 Å². The van der Waals surface area contributed by atoms with Gasteiger partial charge in [0, 0.05) is 17.8 Å². The third-order valence-electron chi connectivity index (χ3n) is 2.50. The van der Waals surface area contributed by atoms with Crippen molar-refractivity contribution in [2.45, 2.75) is 25.8 Å². The lowest BCUT2D eigenvalue weighted by atomic mass is 10.1. The van der Waals surface area contributed by atoms with Crippen LogP contribution in [0.3, 0.4) is 0 Å². The molecule has 3 heteroatoms. The van der Waals surface area contributed by atoms with Crippen molar-refractivity contribution in [3.05, 3.63) is 29.3 Å². The molecule has 0 spiro atoms. The number of halogens is 1. The van der Waals surface area contributed by atoms with Crippen molar-refractivity contribution >= 4 is 0 Å². The Balaban J connectivity index is 2.25. The molecule has 13 heavy (non-hydrogen) atoms. The van der Waals surface area contributed by atoms with E-state index in [-0.39, 0.29) is 5.95 Å². The highest BCUT2D eigenvalue weighted by Gasteiger charge is 2.16. The molecule has 1 fully saturated rings. The van der Waals surface area contributed by atoms with E-state index in [0.29, 0.717) is 11.6 Å². The molecule has 2 rings (SSSR count). The molecule has 70 valence electrons. The molecule has 1 aliphatic heterocycles. The summed E-state index contributed by atoms with van der Waals surface area (Å²) in [5.41, 5.74) is 1.74. The number of pyridine rings is 1. The largest absolute Gasteiger partial charge is 0.310 e. The molecule has 1 atom stereocenters. The van der Waals surface area contributed by atoms with Crippen LogP contribution in [0.2, 0.25) is 0 Å². The Hall–Kier alpha value is -0.960. The first-order valence-corrected chi connectivity index (χ1v) is 4.63. The summed E-state index contributed by atoms with van der Waals surface area (Å²) >= 11 is 0. The minimum atomic E-state index is -0.359. The highest BCUT2D eigenvalue weighted by molar-refractivity contribution is 5.21. The van der Waals surface area contributed by atoms with E-state index in [0.717, 1.165) is 18.5 Å². The first-order chi connectivity index (χ1) is 6.27. The standard InChI is InChI=1S/C10H13FN2/c1-7-5-8(6-13-10(7)11)9-3-2-4-12-9/h5-6,9,12H,2-4H2,1H3/t9-/m0/s1. The smallest absolute Gasteiger partial charge is 0.215 e. The molecule has 0 unspecified atom stereocenters. The Bertz CT molecular complexity index is 306. The molecular formula is C10H13FN2. The van der Waals surface area contributed by atoms with Crippen molar-refractivity contribution in [1.29, 1.82) is 0 Å². The van der Waals surface area contributed by atoms with E-state index in [9.17, 15) is 4.39 Å². The monoisotopic (exact) mass is 180 g/mol. The summed E-state index contributed by atoms with van der Waals surface area (Å²) in [6, 6.07) is 2.26. The Kier molecular flexibility index (Phi) is 2.27. The summed E-state index contributed by atoms with van der Waals surface area (Å²) in [4.78, 5) is 3.72. The number of rotatable bonds is 1. The van der Waals surface area contributed by atoms with Crippen LogP contribution in [0.25, 0.3) is 0 Å². The fraction of sp³-hybridized carbons (Fsp3) is 0.500. The maximum Gasteiger partial charge on any atom is 0.215 e. The van der Waals surface area contributed by atoms with Crippen molar-refractivity contribution in [1.82, 2.24) is 10.3 Å². The van der Waals surface area contributed by atoms with Gasteiger partial charge in [-0.3, -0.25) is 0 Å². The minimum Gasteiger partial charge on any atom is -0.310 e. The third kappa shape index (κ3) is 1.70. The lowest BCUT2D eigenvalue weighted by molar-refractivity contribution is 0.566. The van der Waals surface area contributed by atoms with E-state index in [1.807, 2.05) is 6.07 Å². The van der Waals surface area contributed by atoms with Gasteiger partial charge < -0.3 is 5.32 Å². The van der Waals surface area contributed by atoms with Gasteiger partial charge in [0.1, 0.15) is 0 Å². The van der Waals surface area contributed by atoms with Crippen molar-refractivity contribution in [3.63, 3.8) is 0 Å². The summed E-state index contributed by atoms with van der Waals surface area (Å²) in [7, 11) is 0. The predicted molar refractivity (Wildman–Crippen MR) is 48.9 cm³/mol. The van der Waals surface area contributed by atoms with Crippen molar-refractivity contribution < 1.29 is 4.39 Å². The Morgan fingerprint density at radius 1 is 1.62 bits per heavy atom. The van der Waals surface area contributed by atoms with E-state index in [4.69, 9.17) is 0 Å². The van der Waals surface area contributed by atoms with Crippen LogP contribution in [0.15, 0.2) is 12.3 Å². The van der Waals surface area contributed by atoms with Crippen LogP contribution < -0.4 is 5.32 Å². The average molecular weight is 180 g/mol. The molecule has 0 radical (unpaired) electrons. The van der Waals surface area contributed by atoms with Crippen molar-refractivity contribution in [3.8, 4) is 0 Å². The topological polar surface area (TPSA) is 24.9 Å². The molecule has 1 N–H and O–H groups in total. The lowest BCUT2D eigenvalue weighted by Gasteiger charge is -2.10.